The van der Waals surface area contributed by atoms with Crippen molar-refractivity contribution in [1.29, 1.82) is 0 Å². The first-order chi connectivity index (χ1) is 12.2. The number of fused-ring (bicyclic) bond motifs is 2. The Labute approximate surface area is 148 Å². The van der Waals surface area contributed by atoms with Crippen molar-refractivity contribution in [2.24, 2.45) is 5.92 Å². The second kappa shape index (κ2) is 5.79. The van der Waals surface area contributed by atoms with Crippen LogP contribution in [0, 0.1) is 5.92 Å². The molecule has 1 aromatic carbocycles. The van der Waals surface area contributed by atoms with Gasteiger partial charge in [0.25, 0.3) is 0 Å². The molecule has 1 aliphatic heterocycles. The van der Waals surface area contributed by atoms with Gasteiger partial charge in [0.15, 0.2) is 5.13 Å². The number of pyridine rings is 1. The lowest BCUT2D eigenvalue weighted by atomic mass is 10.1. The molecular formula is C18H16N4O2S. The van der Waals surface area contributed by atoms with E-state index in [1.54, 1.807) is 6.07 Å². The van der Waals surface area contributed by atoms with Crippen LogP contribution in [-0.4, -0.2) is 15.9 Å². The van der Waals surface area contributed by atoms with Gasteiger partial charge in [-0.1, -0.05) is 17.4 Å². The standard InChI is InChI=1S/C18H16N4O2S/c23-16(10-1-2-10)22-18-20-14-5-6-15(21-17(14)25-18)24-13-4-3-11-8-19-9-12(11)7-13/h3-7,10,19H,1-2,8-9H2,(H,20,22,23). The number of ether oxygens (including phenoxy) is 1. The molecule has 2 aromatic heterocycles. The predicted octanol–water partition coefficient (Wildman–Crippen LogP) is 3.44. The lowest BCUT2D eigenvalue weighted by Crippen LogP contribution is -2.12. The van der Waals surface area contributed by atoms with E-state index in [1.807, 2.05) is 12.1 Å². The number of aromatic nitrogens is 2. The van der Waals surface area contributed by atoms with E-state index >= 15 is 0 Å². The van der Waals surface area contributed by atoms with Gasteiger partial charge >= 0.3 is 0 Å². The summed E-state index contributed by atoms with van der Waals surface area (Å²) in [6, 6.07) is 9.78. The van der Waals surface area contributed by atoms with Crippen LogP contribution in [0.1, 0.15) is 24.0 Å². The molecule has 2 N–H and O–H groups in total. The Balaban J connectivity index is 1.37. The van der Waals surface area contributed by atoms with E-state index in [-0.39, 0.29) is 11.8 Å². The van der Waals surface area contributed by atoms with E-state index in [4.69, 9.17) is 4.74 Å². The number of nitrogens with zero attached hydrogens (tertiary/aromatic N) is 2. The number of thiazole rings is 1. The number of amides is 1. The van der Waals surface area contributed by atoms with E-state index in [9.17, 15) is 4.79 Å². The molecule has 126 valence electrons. The van der Waals surface area contributed by atoms with Crippen molar-refractivity contribution in [3.63, 3.8) is 0 Å². The second-order valence-electron chi connectivity index (χ2n) is 6.39. The van der Waals surface area contributed by atoms with Crippen molar-refractivity contribution >= 4 is 32.7 Å². The summed E-state index contributed by atoms with van der Waals surface area (Å²) in [5, 5.41) is 6.79. The maximum atomic E-state index is 11.9. The van der Waals surface area contributed by atoms with E-state index in [0.717, 1.165) is 42.0 Å². The molecule has 2 aliphatic rings. The Bertz CT molecular complexity index is 980. The Hall–Kier alpha value is -2.51. The van der Waals surface area contributed by atoms with E-state index in [2.05, 4.69) is 32.7 Å². The summed E-state index contributed by atoms with van der Waals surface area (Å²) in [7, 11) is 0. The number of anilines is 1. The van der Waals surface area contributed by atoms with E-state index < -0.39 is 0 Å². The highest BCUT2D eigenvalue weighted by Gasteiger charge is 2.30. The van der Waals surface area contributed by atoms with Gasteiger partial charge in [-0.15, -0.1) is 0 Å². The molecule has 1 aliphatic carbocycles. The van der Waals surface area contributed by atoms with Crippen molar-refractivity contribution in [1.82, 2.24) is 15.3 Å². The summed E-state index contributed by atoms with van der Waals surface area (Å²) < 4.78 is 5.90. The van der Waals surface area contributed by atoms with Crippen LogP contribution in [0.5, 0.6) is 11.6 Å². The molecule has 0 radical (unpaired) electrons. The highest BCUT2D eigenvalue weighted by Crippen LogP contribution is 2.33. The van der Waals surface area contributed by atoms with Gasteiger partial charge in [0.1, 0.15) is 16.1 Å². The van der Waals surface area contributed by atoms with Gasteiger partial charge in [-0.25, -0.2) is 9.97 Å². The SMILES string of the molecule is O=C(Nc1nc2ccc(Oc3ccc4c(c3)CNC4)nc2s1)C1CC1. The third-order valence-electron chi connectivity index (χ3n) is 4.44. The Morgan fingerprint density at radius 2 is 2.04 bits per heavy atom. The maximum absolute atomic E-state index is 11.9. The largest absolute Gasteiger partial charge is 0.439 e. The summed E-state index contributed by atoms with van der Waals surface area (Å²) in [4.78, 5) is 21.6. The van der Waals surface area contributed by atoms with Gasteiger partial charge in [-0.05, 0) is 42.2 Å². The number of rotatable bonds is 4. The van der Waals surface area contributed by atoms with Crippen molar-refractivity contribution < 1.29 is 9.53 Å². The number of benzene rings is 1. The molecule has 0 saturated heterocycles. The van der Waals surface area contributed by atoms with E-state index in [0.29, 0.717) is 11.0 Å². The minimum atomic E-state index is 0.0577. The highest BCUT2D eigenvalue weighted by atomic mass is 32.1. The van der Waals surface area contributed by atoms with Gasteiger partial charge in [-0.3, -0.25) is 4.79 Å². The molecule has 6 nitrogen and oxygen atoms in total. The van der Waals surface area contributed by atoms with Gasteiger partial charge < -0.3 is 15.4 Å². The van der Waals surface area contributed by atoms with Crippen molar-refractivity contribution in [2.75, 3.05) is 5.32 Å². The van der Waals surface area contributed by atoms with Crippen LogP contribution >= 0.6 is 11.3 Å². The summed E-state index contributed by atoms with van der Waals surface area (Å²) in [5.74, 6) is 1.53. The Kier molecular flexibility index (Phi) is 3.43. The minimum absolute atomic E-state index is 0.0577. The minimum Gasteiger partial charge on any atom is -0.439 e. The van der Waals surface area contributed by atoms with Crippen molar-refractivity contribution in [3.8, 4) is 11.6 Å². The Morgan fingerprint density at radius 3 is 2.92 bits per heavy atom. The zero-order valence-electron chi connectivity index (χ0n) is 13.4. The van der Waals surface area contributed by atoms with Gasteiger partial charge in [0, 0.05) is 25.1 Å². The Morgan fingerprint density at radius 1 is 1.16 bits per heavy atom. The highest BCUT2D eigenvalue weighted by molar-refractivity contribution is 7.21. The molecule has 0 unspecified atom stereocenters. The van der Waals surface area contributed by atoms with Crippen LogP contribution in [0.15, 0.2) is 30.3 Å². The third kappa shape index (κ3) is 2.96. The van der Waals surface area contributed by atoms with E-state index in [1.165, 1.54) is 22.5 Å². The molecule has 3 heterocycles. The smallest absolute Gasteiger partial charge is 0.229 e. The van der Waals surface area contributed by atoms with Crippen molar-refractivity contribution in [2.45, 2.75) is 25.9 Å². The van der Waals surface area contributed by atoms with Crippen LogP contribution in [0.3, 0.4) is 0 Å². The first-order valence-electron chi connectivity index (χ1n) is 8.33. The summed E-state index contributed by atoms with van der Waals surface area (Å²) in [6.45, 7) is 1.79. The first-order valence-corrected chi connectivity index (χ1v) is 9.15. The van der Waals surface area contributed by atoms with Crippen LogP contribution in [0.4, 0.5) is 5.13 Å². The number of hydrogen-bond acceptors (Lipinski definition) is 6. The van der Waals surface area contributed by atoms with Crippen LogP contribution in [0.2, 0.25) is 0 Å². The molecular weight excluding hydrogens is 336 g/mol. The normalized spacial score (nSPS) is 16.0. The van der Waals surface area contributed by atoms with Gasteiger partial charge in [-0.2, -0.15) is 0 Å². The number of nitrogens with one attached hydrogen (secondary N) is 2. The van der Waals surface area contributed by atoms with Gasteiger partial charge in [0.05, 0.1) is 0 Å². The number of carbonyl (C=O) groups is 1. The molecule has 3 aromatic rings. The molecule has 0 atom stereocenters. The molecule has 25 heavy (non-hydrogen) atoms. The molecule has 5 rings (SSSR count). The number of hydrogen-bond donors (Lipinski definition) is 2. The molecule has 1 saturated carbocycles. The number of carbonyl (C=O) groups excluding carboxylic acids is 1. The summed E-state index contributed by atoms with van der Waals surface area (Å²) in [6.07, 6.45) is 1.95. The monoisotopic (exact) mass is 352 g/mol. The van der Waals surface area contributed by atoms with Crippen LogP contribution in [-0.2, 0) is 17.9 Å². The van der Waals surface area contributed by atoms with Crippen molar-refractivity contribution in [3.05, 3.63) is 41.5 Å². The first kappa shape index (κ1) is 14.8. The fourth-order valence-electron chi connectivity index (χ4n) is 2.92. The topological polar surface area (TPSA) is 76.1 Å². The van der Waals surface area contributed by atoms with Gasteiger partial charge in [0.2, 0.25) is 11.8 Å². The zero-order chi connectivity index (χ0) is 16.8. The lowest BCUT2D eigenvalue weighted by Gasteiger charge is -2.06. The maximum Gasteiger partial charge on any atom is 0.229 e. The summed E-state index contributed by atoms with van der Waals surface area (Å²) >= 11 is 1.37. The molecule has 1 fully saturated rings. The zero-order valence-corrected chi connectivity index (χ0v) is 14.2. The predicted molar refractivity (Wildman–Crippen MR) is 95.8 cm³/mol. The second-order valence-corrected chi connectivity index (χ2v) is 7.37. The molecule has 0 spiro atoms. The molecule has 1 amide bonds. The lowest BCUT2D eigenvalue weighted by molar-refractivity contribution is -0.117. The third-order valence-corrected chi connectivity index (χ3v) is 5.32. The fourth-order valence-corrected chi connectivity index (χ4v) is 3.75. The summed E-state index contributed by atoms with van der Waals surface area (Å²) in [5.41, 5.74) is 3.34. The fraction of sp³-hybridized carbons (Fsp3) is 0.278. The average Bonchev–Trinajstić information content (AvgIpc) is 3.23. The van der Waals surface area contributed by atoms with Crippen LogP contribution < -0.4 is 15.4 Å². The average molecular weight is 352 g/mol. The van der Waals surface area contributed by atoms with Crippen LogP contribution in [0.25, 0.3) is 10.3 Å². The molecule has 0 bridgehead atoms. The molecule has 7 heteroatoms. The quantitative estimate of drug-likeness (QED) is 0.752.